The van der Waals surface area contributed by atoms with E-state index < -0.39 is 0 Å². The molecular formula is C15H28N3+. The summed E-state index contributed by atoms with van der Waals surface area (Å²) in [6, 6.07) is 0. The van der Waals surface area contributed by atoms with Gasteiger partial charge in [0.2, 0.25) is 0 Å². The van der Waals surface area contributed by atoms with Gasteiger partial charge in [-0.1, -0.05) is 13.8 Å². The Bertz CT molecular complexity index is 351. The summed E-state index contributed by atoms with van der Waals surface area (Å²) in [5.41, 5.74) is 10.4. The van der Waals surface area contributed by atoms with E-state index in [9.17, 15) is 0 Å². The maximum atomic E-state index is 6.18. The van der Waals surface area contributed by atoms with Crippen molar-refractivity contribution in [1.29, 1.82) is 0 Å². The first-order valence-corrected chi connectivity index (χ1v) is 7.57. The first-order chi connectivity index (χ1) is 8.76. The van der Waals surface area contributed by atoms with Crippen LogP contribution in [0.5, 0.6) is 0 Å². The van der Waals surface area contributed by atoms with Gasteiger partial charge in [-0.2, -0.15) is 0 Å². The average Bonchev–Trinajstić information content (AvgIpc) is 2.42. The largest absolute Gasteiger partial charge is 0.401 e. The lowest BCUT2D eigenvalue weighted by atomic mass is 9.88. The molecule has 0 aromatic carbocycles. The van der Waals surface area contributed by atoms with Gasteiger partial charge in [-0.15, -0.1) is 0 Å². The van der Waals surface area contributed by atoms with Gasteiger partial charge in [-0.05, 0) is 32.4 Å². The molecule has 2 rings (SSSR count). The predicted molar refractivity (Wildman–Crippen MR) is 77.1 cm³/mol. The number of allylic oxidation sites excluding steroid dienone is 1. The van der Waals surface area contributed by atoms with Crippen molar-refractivity contribution in [3.8, 4) is 0 Å². The van der Waals surface area contributed by atoms with Crippen molar-refractivity contribution < 1.29 is 4.58 Å². The molecule has 2 N–H and O–H groups in total. The van der Waals surface area contributed by atoms with Crippen molar-refractivity contribution in [2.24, 2.45) is 5.73 Å². The molecule has 1 saturated carbocycles. The highest BCUT2D eigenvalue weighted by Gasteiger charge is 2.28. The van der Waals surface area contributed by atoms with Crippen LogP contribution < -0.4 is 5.73 Å². The summed E-state index contributed by atoms with van der Waals surface area (Å²) < 4.78 is 2.60. The molecule has 0 atom stereocenters. The minimum absolute atomic E-state index is 1.07. The minimum atomic E-state index is 1.07. The van der Waals surface area contributed by atoms with Gasteiger partial charge in [-0.3, -0.25) is 4.90 Å². The molecule has 1 heterocycles. The maximum absolute atomic E-state index is 6.18. The Hall–Kier alpha value is -0.830. The molecule has 0 spiro atoms. The number of likely N-dealkylation sites (N-methyl/N-ethyl adjacent to an activating group) is 1. The van der Waals surface area contributed by atoms with Crippen molar-refractivity contribution in [2.45, 2.75) is 46.0 Å². The lowest BCUT2D eigenvalue weighted by Crippen LogP contribution is -2.38. The fourth-order valence-corrected chi connectivity index (χ4v) is 3.17. The molecule has 3 heteroatoms. The van der Waals surface area contributed by atoms with Crippen molar-refractivity contribution >= 4 is 5.71 Å². The lowest BCUT2D eigenvalue weighted by Gasteiger charge is -2.25. The molecular weight excluding hydrogens is 222 g/mol. The summed E-state index contributed by atoms with van der Waals surface area (Å²) in [5.74, 6) is 0. The topological polar surface area (TPSA) is 32.3 Å². The summed E-state index contributed by atoms with van der Waals surface area (Å²) in [6.45, 7) is 10.3. The number of hydrogen-bond donors (Lipinski definition) is 1. The number of nitrogens with zero attached hydrogens (tertiary/aromatic N) is 2. The second-order valence-electron chi connectivity index (χ2n) is 5.42. The van der Waals surface area contributed by atoms with E-state index in [0.29, 0.717) is 0 Å². The Morgan fingerprint density at radius 1 is 1.11 bits per heavy atom. The smallest absolute Gasteiger partial charge is 0.181 e. The molecule has 0 radical (unpaired) electrons. The zero-order valence-electron chi connectivity index (χ0n) is 12.0. The van der Waals surface area contributed by atoms with E-state index in [1.165, 1.54) is 50.0 Å². The van der Waals surface area contributed by atoms with Crippen LogP contribution in [0.1, 0.15) is 46.0 Å². The second kappa shape index (κ2) is 6.37. The molecule has 0 bridgehead atoms. The highest BCUT2D eigenvalue weighted by atomic mass is 15.1. The molecule has 0 aromatic rings. The third-order valence-corrected chi connectivity index (χ3v) is 4.44. The van der Waals surface area contributed by atoms with E-state index in [4.69, 9.17) is 5.73 Å². The summed E-state index contributed by atoms with van der Waals surface area (Å²) in [5, 5.41) is 0. The third-order valence-electron chi connectivity index (χ3n) is 4.44. The predicted octanol–water partition coefficient (Wildman–Crippen LogP) is 1.97. The monoisotopic (exact) mass is 250 g/mol. The SMILES string of the molecule is CCN(CC)CC[N+]1=C2CCCCC2=C(N)CC1. The Morgan fingerprint density at radius 3 is 2.56 bits per heavy atom. The van der Waals surface area contributed by atoms with Gasteiger partial charge in [-0.25, -0.2) is 4.58 Å². The van der Waals surface area contributed by atoms with Crippen LogP contribution in [0.2, 0.25) is 0 Å². The molecule has 0 unspecified atom stereocenters. The van der Waals surface area contributed by atoms with Crippen LogP contribution in [0.4, 0.5) is 0 Å². The van der Waals surface area contributed by atoms with Gasteiger partial charge in [0, 0.05) is 24.1 Å². The van der Waals surface area contributed by atoms with Crippen LogP contribution >= 0.6 is 0 Å². The zero-order valence-corrected chi connectivity index (χ0v) is 12.0. The standard InChI is InChI=1S/C15H27N3/c1-3-17(4-2)11-12-18-10-9-14(16)13-7-5-6-8-15(13)18/h16H,3-12H2,1-2H3/p+1. The summed E-state index contributed by atoms with van der Waals surface area (Å²) >= 11 is 0. The molecule has 0 saturated heterocycles. The Kier molecular flexibility index (Phi) is 4.81. The van der Waals surface area contributed by atoms with E-state index in [1.807, 2.05) is 0 Å². The van der Waals surface area contributed by atoms with Gasteiger partial charge in [0.05, 0.1) is 6.54 Å². The Labute approximate surface area is 111 Å². The van der Waals surface area contributed by atoms with Gasteiger partial charge in [0.25, 0.3) is 0 Å². The van der Waals surface area contributed by atoms with Gasteiger partial charge in [0.15, 0.2) is 12.3 Å². The first-order valence-electron chi connectivity index (χ1n) is 7.57. The molecule has 2 aliphatic rings. The fourth-order valence-electron chi connectivity index (χ4n) is 3.17. The summed E-state index contributed by atoms with van der Waals surface area (Å²) in [6.07, 6.45) is 6.19. The maximum Gasteiger partial charge on any atom is 0.181 e. The molecule has 102 valence electrons. The molecule has 1 fully saturated rings. The van der Waals surface area contributed by atoms with Crippen LogP contribution in [-0.2, 0) is 0 Å². The molecule has 1 aliphatic carbocycles. The molecule has 3 nitrogen and oxygen atoms in total. The average molecular weight is 250 g/mol. The summed E-state index contributed by atoms with van der Waals surface area (Å²) in [4.78, 5) is 2.50. The number of nitrogens with two attached hydrogens (primary N) is 1. The quantitative estimate of drug-likeness (QED) is 0.757. The van der Waals surface area contributed by atoms with Gasteiger partial charge >= 0.3 is 0 Å². The van der Waals surface area contributed by atoms with E-state index in [1.54, 1.807) is 5.71 Å². The highest BCUT2D eigenvalue weighted by Crippen LogP contribution is 2.26. The van der Waals surface area contributed by atoms with Crippen molar-refractivity contribution in [2.75, 3.05) is 32.7 Å². The van der Waals surface area contributed by atoms with Crippen molar-refractivity contribution in [1.82, 2.24) is 4.90 Å². The Morgan fingerprint density at radius 2 is 1.83 bits per heavy atom. The van der Waals surface area contributed by atoms with Crippen LogP contribution in [-0.4, -0.2) is 47.9 Å². The van der Waals surface area contributed by atoms with E-state index in [-0.39, 0.29) is 0 Å². The number of fused-ring (bicyclic) bond motifs is 1. The van der Waals surface area contributed by atoms with Crippen LogP contribution in [0.25, 0.3) is 0 Å². The van der Waals surface area contributed by atoms with Crippen LogP contribution in [0.3, 0.4) is 0 Å². The second-order valence-corrected chi connectivity index (χ2v) is 5.42. The fraction of sp³-hybridized carbons (Fsp3) is 0.800. The van der Waals surface area contributed by atoms with E-state index in [2.05, 4.69) is 23.3 Å². The zero-order chi connectivity index (χ0) is 13.0. The molecule has 1 aliphatic heterocycles. The number of hydrogen-bond acceptors (Lipinski definition) is 2. The normalized spacial score (nSPS) is 20.6. The molecule has 0 aromatic heterocycles. The van der Waals surface area contributed by atoms with Crippen LogP contribution in [0, 0.1) is 0 Å². The van der Waals surface area contributed by atoms with Gasteiger partial charge < -0.3 is 5.73 Å². The lowest BCUT2D eigenvalue weighted by molar-refractivity contribution is -0.530. The van der Waals surface area contributed by atoms with Gasteiger partial charge in [0.1, 0.15) is 6.54 Å². The third kappa shape index (κ3) is 2.94. The minimum Gasteiger partial charge on any atom is -0.401 e. The first kappa shape index (κ1) is 13.6. The van der Waals surface area contributed by atoms with Crippen molar-refractivity contribution in [3.05, 3.63) is 11.3 Å². The highest BCUT2D eigenvalue weighted by molar-refractivity contribution is 5.98. The van der Waals surface area contributed by atoms with Crippen molar-refractivity contribution in [3.63, 3.8) is 0 Å². The van der Waals surface area contributed by atoms with Crippen LogP contribution in [0.15, 0.2) is 11.3 Å². The molecule has 18 heavy (non-hydrogen) atoms. The molecule has 0 amide bonds. The van der Waals surface area contributed by atoms with E-state index >= 15 is 0 Å². The summed E-state index contributed by atoms with van der Waals surface area (Å²) in [7, 11) is 0. The van der Waals surface area contributed by atoms with E-state index in [0.717, 1.165) is 26.1 Å². The number of rotatable bonds is 5. The Balaban J connectivity index is 2.06.